The number of carbonyl (C=O) groups is 1. The first-order valence-electron chi connectivity index (χ1n) is 9.29. The number of benzene rings is 2. The molecule has 0 aliphatic heterocycles. The molecule has 0 saturated carbocycles. The summed E-state index contributed by atoms with van der Waals surface area (Å²) in [7, 11) is 0. The van der Waals surface area contributed by atoms with Gasteiger partial charge in [-0.15, -0.1) is 5.10 Å². The summed E-state index contributed by atoms with van der Waals surface area (Å²) in [6, 6.07) is 14.0. The van der Waals surface area contributed by atoms with Crippen LogP contribution in [0.2, 0.25) is 0 Å². The second kappa shape index (κ2) is 8.56. The average molecular weight is 396 g/mol. The molecule has 7 heteroatoms. The molecule has 28 heavy (non-hydrogen) atoms. The maximum absolute atomic E-state index is 12.9. The smallest absolute Gasteiger partial charge is 0.237 e. The number of rotatable bonds is 6. The number of carbonyl (C=O) groups excluding carboxylic acids is 1. The average Bonchev–Trinajstić information content (AvgIpc) is 3.11. The molecule has 0 fully saturated rings. The van der Waals surface area contributed by atoms with Gasteiger partial charge in [0.25, 0.3) is 0 Å². The Bertz CT molecular complexity index is 982. The van der Waals surface area contributed by atoms with Gasteiger partial charge in [-0.1, -0.05) is 55.9 Å². The molecule has 1 aromatic heterocycles. The van der Waals surface area contributed by atoms with Gasteiger partial charge in [0.1, 0.15) is 0 Å². The van der Waals surface area contributed by atoms with Gasteiger partial charge in [-0.3, -0.25) is 4.79 Å². The molecule has 0 spiro atoms. The normalized spacial score (nSPS) is 12.2. The maximum Gasteiger partial charge on any atom is 0.237 e. The Labute approximate surface area is 169 Å². The number of para-hydroxylation sites is 1. The first kappa shape index (κ1) is 20.1. The van der Waals surface area contributed by atoms with Gasteiger partial charge in [0, 0.05) is 5.69 Å². The lowest BCUT2D eigenvalue weighted by atomic mass is 9.98. The standard InChI is InChI=1S/C21H25N5OS/c1-13(2)18-11-7-9-15(4)19(18)22-20(27)16(5)28-21-23-24-25-26(21)17-10-6-8-14(3)12-17/h6-13,16H,1-5H3,(H,22,27). The maximum atomic E-state index is 12.9. The molecule has 1 N–H and O–H groups in total. The van der Waals surface area contributed by atoms with Crippen LogP contribution in [0.3, 0.4) is 0 Å². The second-order valence-electron chi connectivity index (χ2n) is 7.16. The van der Waals surface area contributed by atoms with Crippen LogP contribution < -0.4 is 5.32 Å². The van der Waals surface area contributed by atoms with Crippen LogP contribution >= 0.6 is 11.8 Å². The molecular weight excluding hydrogens is 370 g/mol. The molecule has 3 rings (SSSR count). The lowest BCUT2D eigenvalue weighted by molar-refractivity contribution is -0.115. The van der Waals surface area contributed by atoms with Crippen molar-refractivity contribution >= 4 is 23.4 Å². The molecule has 0 aliphatic rings. The number of amides is 1. The first-order chi connectivity index (χ1) is 13.4. The summed E-state index contributed by atoms with van der Waals surface area (Å²) in [6.45, 7) is 10.1. The van der Waals surface area contributed by atoms with Gasteiger partial charge in [-0.2, -0.15) is 4.68 Å². The van der Waals surface area contributed by atoms with Gasteiger partial charge in [0.15, 0.2) is 0 Å². The van der Waals surface area contributed by atoms with E-state index in [9.17, 15) is 4.79 Å². The molecule has 3 aromatic rings. The SMILES string of the molecule is Cc1cccc(-n2nnnc2SC(C)C(=O)Nc2c(C)cccc2C(C)C)c1. The number of hydrogen-bond donors (Lipinski definition) is 1. The number of aromatic nitrogens is 4. The fraction of sp³-hybridized carbons (Fsp3) is 0.333. The predicted octanol–water partition coefficient (Wildman–Crippen LogP) is 4.52. The van der Waals surface area contributed by atoms with E-state index in [0.717, 1.165) is 28.1 Å². The minimum Gasteiger partial charge on any atom is -0.325 e. The molecule has 6 nitrogen and oxygen atoms in total. The van der Waals surface area contributed by atoms with Crippen LogP contribution in [0.5, 0.6) is 0 Å². The van der Waals surface area contributed by atoms with Crippen molar-refractivity contribution in [2.45, 2.75) is 50.9 Å². The molecule has 0 radical (unpaired) electrons. The predicted molar refractivity (Wildman–Crippen MR) is 113 cm³/mol. The third-order valence-corrected chi connectivity index (χ3v) is 5.55. The minimum atomic E-state index is -0.353. The van der Waals surface area contributed by atoms with E-state index >= 15 is 0 Å². The van der Waals surface area contributed by atoms with Crippen molar-refractivity contribution in [3.63, 3.8) is 0 Å². The van der Waals surface area contributed by atoms with Gasteiger partial charge < -0.3 is 5.32 Å². The number of anilines is 1. The molecule has 2 aromatic carbocycles. The van der Waals surface area contributed by atoms with Crippen LogP contribution in [0.15, 0.2) is 47.6 Å². The molecular formula is C21H25N5OS. The van der Waals surface area contributed by atoms with Crippen molar-refractivity contribution in [3.8, 4) is 5.69 Å². The fourth-order valence-electron chi connectivity index (χ4n) is 2.95. The highest BCUT2D eigenvalue weighted by atomic mass is 32.2. The summed E-state index contributed by atoms with van der Waals surface area (Å²) >= 11 is 1.34. The topological polar surface area (TPSA) is 72.7 Å². The van der Waals surface area contributed by atoms with Crippen LogP contribution in [0, 0.1) is 13.8 Å². The highest BCUT2D eigenvalue weighted by Gasteiger charge is 2.21. The fourth-order valence-corrected chi connectivity index (χ4v) is 3.76. The Morgan fingerprint density at radius 3 is 2.57 bits per heavy atom. The number of tetrazole rings is 1. The zero-order chi connectivity index (χ0) is 20.3. The van der Waals surface area contributed by atoms with Gasteiger partial charge in [-0.05, 0) is 65.9 Å². The quantitative estimate of drug-likeness (QED) is 0.621. The number of aryl methyl sites for hydroxylation is 2. The van der Waals surface area contributed by atoms with Crippen LogP contribution in [0.1, 0.15) is 43.4 Å². The lowest BCUT2D eigenvalue weighted by Crippen LogP contribution is -2.24. The van der Waals surface area contributed by atoms with Gasteiger partial charge >= 0.3 is 0 Å². The summed E-state index contributed by atoms with van der Waals surface area (Å²) in [5.41, 5.74) is 5.08. The highest BCUT2D eigenvalue weighted by Crippen LogP contribution is 2.29. The Kier molecular flexibility index (Phi) is 6.14. The van der Waals surface area contributed by atoms with Crippen molar-refractivity contribution in [1.29, 1.82) is 0 Å². The van der Waals surface area contributed by atoms with Crippen LogP contribution in [-0.4, -0.2) is 31.4 Å². The molecule has 1 heterocycles. The van der Waals surface area contributed by atoms with Crippen molar-refractivity contribution < 1.29 is 4.79 Å². The number of thioether (sulfide) groups is 1. The zero-order valence-electron chi connectivity index (χ0n) is 16.8. The van der Waals surface area contributed by atoms with E-state index in [1.165, 1.54) is 11.8 Å². The minimum absolute atomic E-state index is 0.0695. The van der Waals surface area contributed by atoms with E-state index in [1.54, 1.807) is 4.68 Å². The van der Waals surface area contributed by atoms with Crippen LogP contribution in [-0.2, 0) is 4.79 Å². The third kappa shape index (κ3) is 4.42. The number of hydrogen-bond acceptors (Lipinski definition) is 5. The van der Waals surface area contributed by atoms with Crippen molar-refractivity contribution in [2.75, 3.05) is 5.32 Å². The Hall–Kier alpha value is -2.67. The number of nitrogens with one attached hydrogen (secondary N) is 1. The lowest BCUT2D eigenvalue weighted by Gasteiger charge is -2.18. The van der Waals surface area contributed by atoms with Crippen LogP contribution in [0.4, 0.5) is 5.69 Å². The molecule has 1 amide bonds. The van der Waals surface area contributed by atoms with E-state index in [0.29, 0.717) is 11.1 Å². The summed E-state index contributed by atoms with van der Waals surface area (Å²) < 4.78 is 1.66. The largest absolute Gasteiger partial charge is 0.325 e. The molecule has 1 unspecified atom stereocenters. The molecule has 0 bridgehead atoms. The van der Waals surface area contributed by atoms with E-state index in [2.05, 4.69) is 40.8 Å². The van der Waals surface area contributed by atoms with Gasteiger partial charge in [-0.25, -0.2) is 0 Å². The Morgan fingerprint density at radius 1 is 1.11 bits per heavy atom. The van der Waals surface area contributed by atoms with Gasteiger partial charge in [0.05, 0.1) is 10.9 Å². The summed E-state index contributed by atoms with van der Waals surface area (Å²) in [6.07, 6.45) is 0. The summed E-state index contributed by atoms with van der Waals surface area (Å²) in [4.78, 5) is 12.9. The van der Waals surface area contributed by atoms with Crippen molar-refractivity contribution in [1.82, 2.24) is 20.2 Å². The summed E-state index contributed by atoms with van der Waals surface area (Å²) in [5, 5.41) is 15.3. The van der Waals surface area contributed by atoms with Crippen molar-refractivity contribution in [2.24, 2.45) is 0 Å². The van der Waals surface area contributed by atoms with Crippen LogP contribution in [0.25, 0.3) is 5.69 Å². The summed E-state index contributed by atoms with van der Waals surface area (Å²) in [5.74, 6) is 0.256. The monoisotopic (exact) mass is 395 g/mol. The second-order valence-corrected chi connectivity index (χ2v) is 8.46. The Morgan fingerprint density at radius 2 is 1.86 bits per heavy atom. The number of nitrogens with zero attached hydrogens (tertiary/aromatic N) is 4. The first-order valence-corrected chi connectivity index (χ1v) is 10.2. The van der Waals surface area contributed by atoms with E-state index in [4.69, 9.17) is 0 Å². The van der Waals surface area contributed by atoms with E-state index < -0.39 is 0 Å². The zero-order valence-corrected chi connectivity index (χ0v) is 17.6. The molecule has 146 valence electrons. The third-order valence-electron chi connectivity index (χ3n) is 4.51. The molecule has 1 atom stereocenters. The molecule has 0 aliphatic carbocycles. The highest BCUT2D eigenvalue weighted by molar-refractivity contribution is 8.00. The van der Waals surface area contributed by atoms with E-state index in [1.807, 2.05) is 57.2 Å². The Balaban J connectivity index is 1.78. The molecule has 0 saturated heterocycles. The van der Waals surface area contributed by atoms with Gasteiger partial charge in [0.2, 0.25) is 11.1 Å². The van der Waals surface area contributed by atoms with Crippen molar-refractivity contribution in [3.05, 3.63) is 59.2 Å². The van der Waals surface area contributed by atoms with E-state index in [-0.39, 0.29) is 11.2 Å².